The van der Waals surface area contributed by atoms with Gasteiger partial charge in [-0.15, -0.1) is 0 Å². The highest BCUT2D eigenvalue weighted by Crippen LogP contribution is 2.26. The minimum Gasteiger partial charge on any atom is -0.303 e. The van der Waals surface area contributed by atoms with Crippen LogP contribution < -0.4 is 4.72 Å². The molecule has 1 fully saturated rings. The molecule has 2 aliphatic heterocycles. The molecule has 2 aromatic rings. The number of likely N-dealkylation sites (N-methyl/N-ethyl adjacent to an activating group) is 1. The number of hydrogen-bond donors (Lipinski definition) is 1. The Balaban J connectivity index is 1.41. The van der Waals surface area contributed by atoms with Gasteiger partial charge in [-0.25, -0.2) is 17.5 Å². The van der Waals surface area contributed by atoms with Crippen LogP contribution in [0.4, 0.5) is 4.39 Å². The van der Waals surface area contributed by atoms with E-state index in [4.69, 9.17) is 4.99 Å². The molecule has 0 saturated carbocycles. The van der Waals surface area contributed by atoms with Crippen molar-refractivity contribution >= 4 is 15.7 Å². The second-order valence-electron chi connectivity index (χ2n) is 9.37. The average molecular weight is 499 g/mol. The van der Waals surface area contributed by atoms with Crippen LogP contribution in [0.1, 0.15) is 44.7 Å². The lowest BCUT2D eigenvalue weighted by atomic mass is 9.99. The highest BCUT2D eigenvalue weighted by Gasteiger charge is 2.25. The Labute approximate surface area is 208 Å². The summed E-state index contributed by atoms with van der Waals surface area (Å²) in [6.07, 6.45) is 2.62. The van der Waals surface area contributed by atoms with Crippen molar-refractivity contribution in [2.24, 2.45) is 4.99 Å². The summed E-state index contributed by atoms with van der Waals surface area (Å²) in [6.45, 7) is 9.86. The van der Waals surface area contributed by atoms with Gasteiger partial charge in [0.15, 0.2) is 0 Å². The average Bonchev–Trinajstić information content (AvgIpc) is 2.87. The van der Waals surface area contributed by atoms with Gasteiger partial charge in [0.1, 0.15) is 5.82 Å². The fraction of sp³-hybridized carbons (Fsp3) is 0.444. The van der Waals surface area contributed by atoms with E-state index in [1.165, 1.54) is 35.2 Å². The monoisotopic (exact) mass is 498 g/mol. The van der Waals surface area contributed by atoms with Crippen LogP contribution in [0.5, 0.6) is 0 Å². The maximum absolute atomic E-state index is 13.7. The number of aliphatic imine (C=N–C) groups is 1. The summed E-state index contributed by atoms with van der Waals surface area (Å²) in [4.78, 5) is 9.61. The SMILES string of the molecule is CCN1CC(C)=NC(=C2CCN(CC[C@@H](NS(=O)(=O)c3cccc(F)c3)c3ccccc3)CC2)C1. The van der Waals surface area contributed by atoms with E-state index in [1.807, 2.05) is 30.3 Å². The Morgan fingerprint density at radius 1 is 1.03 bits per heavy atom. The van der Waals surface area contributed by atoms with Gasteiger partial charge in [0, 0.05) is 44.5 Å². The molecule has 1 atom stereocenters. The smallest absolute Gasteiger partial charge is 0.241 e. The van der Waals surface area contributed by atoms with Crippen LogP contribution >= 0.6 is 0 Å². The van der Waals surface area contributed by atoms with Gasteiger partial charge >= 0.3 is 0 Å². The molecule has 2 aromatic carbocycles. The minimum absolute atomic E-state index is 0.0582. The van der Waals surface area contributed by atoms with Gasteiger partial charge in [0.2, 0.25) is 10.0 Å². The number of sulfonamides is 1. The second kappa shape index (κ2) is 11.6. The third-order valence-electron chi connectivity index (χ3n) is 6.81. The van der Waals surface area contributed by atoms with Crippen LogP contribution in [0.25, 0.3) is 0 Å². The van der Waals surface area contributed by atoms with Gasteiger partial charge in [-0.2, -0.15) is 0 Å². The first kappa shape index (κ1) is 25.7. The molecule has 6 nitrogen and oxygen atoms in total. The zero-order valence-corrected chi connectivity index (χ0v) is 21.4. The number of halogens is 1. The van der Waals surface area contributed by atoms with E-state index in [0.29, 0.717) is 6.42 Å². The molecule has 0 bridgehead atoms. The first-order valence-corrected chi connectivity index (χ1v) is 13.8. The molecule has 1 N–H and O–H groups in total. The molecule has 8 heteroatoms. The predicted octanol–water partition coefficient (Wildman–Crippen LogP) is 4.38. The number of nitrogens with one attached hydrogen (secondary N) is 1. The molecule has 4 rings (SSSR count). The Bertz CT molecular complexity index is 1170. The zero-order valence-electron chi connectivity index (χ0n) is 20.6. The molecule has 35 heavy (non-hydrogen) atoms. The lowest BCUT2D eigenvalue weighted by Crippen LogP contribution is -2.37. The van der Waals surface area contributed by atoms with Gasteiger partial charge in [-0.3, -0.25) is 9.89 Å². The summed E-state index contributed by atoms with van der Waals surface area (Å²) < 4.78 is 42.5. The number of likely N-dealkylation sites (tertiary alicyclic amines) is 1. The summed E-state index contributed by atoms with van der Waals surface area (Å²) in [5, 5.41) is 0. The Hall–Kier alpha value is -2.39. The van der Waals surface area contributed by atoms with Crippen LogP contribution in [-0.4, -0.2) is 63.2 Å². The number of hydrogen-bond acceptors (Lipinski definition) is 5. The van der Waals surface area contributed by atoms with Crippen molar-refractivity contribution in [3.63, 3.8) is 0 Å². The molecular weight excluding hydrogens is 463 g/mol. The van der Waals surface area contributed by atoms with E-state index >= 15 is 0 Å². The summed E-state index contributed by atoms with van der Waals surface area (Å²) in [6, 6.07) is 14.3. The highest BCUT2D eigenvalue weighted by molar-refractivity contribution is 7.89. The van der Waals surface area contributed by atoms with Crippen molar-refractivity contribution in [1.29, 1.82) is 0 Å². The van der Waals surface area contributed by atoms with Gasteiger partial charge in [0.05, 0.1) is 10.6 Å². The topological polar surface area (TPSA) is 65.0 Å². The van der Waals surface area contributed by atoms with E-state index in [1.54, 1.807) is 0 Å². The fourth-order valence-corrected chi connectivity index (χ4v) is 6.11. The van der Waals surface area contributed by atoms with Crippen LogP contribution in [0, 0.1) is 5.82 Å². The zero-order chi connectivity index (χ0) is 24.8. The molecule has 2 heterocycles. The van der Waals surface area contributed by atoms with E-state index < -0.39 is 21.9 Å². The van der Waals surface area contributed by atoms with Crippen LogP contribution in [0.15, 0.2) is 75.8 Å². The molecule has 2 aliphatic rings. The van der Waals surface area contributed by atoms with Crippen LogP contribution in [0.3, 0.4) is 0 Å². The standard InChI is InChI=1S/C27H35FN4O2S/c1-3-31-19-21(2)29-27(20-31)23-12-15-32(16-13-23)17-14-26(22-8-5-4-6-9-22)30-35(33,34)25-11-7-10-24(28)18-25/h4-11,18,26,30H,3,12-17,19-20H2,1-2H3/t26-/m1/s1. The largest absolute Gasteiger partial charge is 0.303 e. The van der Waals surface area contributed by atoms with E-state index in [9.17, 15) is 12.8 Å². The van der Waals surface area contributed by atoms with Crippen molar-refractivity contribution in [2.75, 3.05) is 39.3 Å². The molecule has 0 aromatic heterocycles. The van der Waals surface area contributed by atoms with Crippen molar-refractivity contribution in [3.8, 4) is 0 Å². The molecule has 0 aliphatic carbocycles. The van der Waals surface area contributed by atoms with E-state index in [0.717, 1.165) is 63.7 Å². The fourth-order valence-electron chi connectivity index (χ4n) is 4.82. The second-order valence-corrected chi connectivity index (χ2v) is 11.1. The number of piperidine rings is 1. The molecular formula is C27H35FN4O2S. The van der Waals surface area contributed by atoms with Gasteiger partial charge < -0.3 is 4.90 Å². The Kier molecular flexibility index (Phi) is 8.49. The predicted molar refractivity (Wildman–Crippen MR) is 138 cm³/mol. The van der Waals surface area contributed by atoms with Crippen molar-refractivity contribution in [1.82, 2.24) is 14.5 Å². The number of nitrogens with zero attached hydrogens (tertiary/aromatic N) is 3. The lowest BCUT2D eigenvalue weighted by Gasteiger charge is -2.33. The van der Waals surface area contributed by atoms with Gasteiger partial charge in [0.25, 0.3) is 0 Å². The molecule has 0 spiro atoms. The number of benzene rings is 2. The van der Waals surface area contributed by atoms with Crippen molar-refractivity contribution in [3.05, 3.63) is 77.2 Å². The maximum atomic E-state index is 13.7. The summed E-state index contributed by atoms with van der Waals surface area (Å²) in [5.41, 5.74) is 4.77. The minimum atomic E-state index is -3.85. The third kappa shape index (κ3) is 6.85. The molecule has 0 unspecified atom stereocenters. The van der Waals surface area contributed by atoms with Gasteiger partial charge in [-0.05, 0) is 62.1 Å². The summed E-state index contributed by atoms with van der Waals surface area (Å²) >= 11 is 0. The lowest BCUT2D eigenvalue weighted by molar-refractivity contribution is 0.242. The van der Waals surface area contributed by atoms with E-state index in [2.05, 4.69) is 28.4 Å². The highest BCUT2D eigenvalue weighted by atomic mass is 32.2. The summed E-state index contributed by atoms with van der Waals surface area (Å²) in [5.74, 6) is -0.568. The van der Waals surface area contributed by atoms with Gasteiger partial charge in [-0.1, -0.05) is 43.3 Å². The number of rotatable bonds is 8. The quantitative estimate of drug-likeness (QED) is 0.587. The maximum Gasteiger partial charge on any atom is 0.241 e. The normalized spacial score (nSPS) is 19.0. The first-order chi connectivity index (χ1) is 16.8. The van der Waals surface area contributed by atoms with Crippen LogP contribution in [-0.2, 0) is 10.0 Å². The Morgan fingerprint density at radius 3 is 2.46 bits per heavy atom. The van der Waals surface area contributed by atoms with Crippen LogP contribution in [0.2, 0.25) is 0 Å². The molecule has 0 amide bonds. The van der Waals surface area contributed by atoms with Crippen molar-refractivity contribution < 1.29 is 12.8 Å². The molecule has 0 radical (unpaired) electrons. The molecule has 1 saturated heterocycles. The third-order valence-corrected chi connectivity index (χ3v) is 8.28. The van der Waals surface area contributed by atoms with Crippen molar-refractivity contribution in [2.45, 2.75) is 44.0 Å². The summed E-state index contributed by atoms with van der Waals surface area (Å²) in [7, 11) is -3.85. The first-order valence-electron chi connectivity index (χ1n) is 12.4. The molecule has 188 valence electrons. The Morgan fingerprint density at radius 2 is 1.77 bits per heavy atom. The van der Waals surface area contributed by atoms with E-state index in [-0.39, 0.29) is 4.90 Å².